The molecule has 0 saturated heterocycles. The Hall–Kier alpha value is -0.870. The maximum atomic E-state index is 11.9. The van der Waals surface area contributed by atoms with Crippen molar-refractivity contribution in [3.05, 3.63) is 35.4 Å². The van der Waals surface area contributed by atoms with Gasteiger partial charge in [-0.2, -0.15) is 4.31 Å². The standard InChI is InChI=1S/C12H16NO2S/c1-2-9-16(14,15)13-8-7-11-5-3-4-6-12(11)10-13/h4-6H,2,7-10H2,1H3. The van der Waals surface area contributed by atoms with Gasteiger partial charge in [-0.25, -0.2) is 8.42 Å². The number of hydrogen-bond donors (Lipinski definition) is 0. The molecule has 2 rings (SSSR count). The van der Waals surface area contributed by atoms with Crippen molar-refractivity contribution < 1.29 is 8.42 Å². The van der Waals surface area contributed by atoms with Gasteiger partial charge in [0.25, 0.3) is 0 Å². The van der Waals surface area contributed by atoms with Crippen molar-refractivity contribution in [1.82, 2.24) is 4.31 Å². The van der Waals surface area contributed by atoms with Crippen molar-refractivity contribution in [1.29, 1.82) is 0 Å². The van der Waals surface area contributed by atoms with Crippen molar-refractivity contribution in [2.75, 3.05) is 12.3 Å². The highest BCUT2D eigenvalue weighted by Crippen LogP contribution is 2.20. The van der Waals surface area contributed by atoms with Crippen LogP contribution in [-0.2, 0) is 23.0 Å². The van der Waals surface area contributed by atoms with Gasteiger partial charge < -0.3 is 0 Å². The largest absolute Gasteiger partial charge is 0.214 e. The molecule has 87 valence electrons. The summed E-state index contributed by atoms with van der Waals surface area (Å²) in [5.41, 5.74) is 2.34. The van der Waals surface area contributed by atoms with Gasteiger partial charge in [-0.05, 0) is 30.0 Å². The van der Waals surface area contributed by atoms with E-state index in [1.807, 2.05) is 25.1 Å². The fourth-order valence-corrected chi connectivity index (χ4v) is 3.50. The summed E-state index contributed by atoms with van der Waals surface area (Å²) in [6.07, 6.45) is 1.48. The van der Waals surface area contributed by atoms with Gasteiger partial charge in [-0.3, -0.25) is 0 Å². The average molecular weight is 238 g/mol. The highest BCUT2D eigenvalue weighted by atomic mass is 32.2. The lowest BCUT2D eigenvalue weighted by molar-refractivity contribution is 0.391. The molecule has 1 aromatic rings. The minimum Gasteiger partial charge on any atom is -0.212 e. The Balaban J connectivity index is 2.20. The maximum absolute atomic E-state index is 11.9. The average Bonchev–Trinajstić information content (AvgIpc) is 2.28. The van der Waals surface area contributed by atoms with E-state index in [4.69, 9.17) is 0 Å². The minimum absolute atomic E-state index is 0.251. The van der Waals surface area contributed by atoms with Crippen LogP contribution in [0.3, 0.4) is 0 Å². The first kappa shape index (κ1) is 11.6. The van der Waals surface area contributed by atoms with Crippen molar-refractivity contribution in [2.24, 2.45) is 0 Å². The molecule has 0 aliphatic carbocycles. The molecular weight excluding hydrogens is 222 g/mol. The Morgan fingerprint density at radius 2 is 2.25 bits per heavy atom. The highest BCUT2D eigenvalue weighted by Gasteiger charge is 2.25. The third kappa shape index (κ3) is 2.28. The molecule has 0 saturated carbocycles. The molecule has 4 heteroatoms. The van der Waals surface area contributed by atoms with Crippen molar-refractivity contribution in [3.8, 4) is 0 Å². The number of benzene rings is 1. The zero-order valence-electron chi connectivity index (χ0n) is 9.44. The summed E-state index contributed by atoms with van der Waals surface area (Å²) in [6, 6.07) is 8.79. The predicted molar refractivity (Wildman–Crippen MR) is 63.5 cm³/mol. The summed E-state index contributed by atoms with van der Waals surface area (Å²) in [5, 5.41) is 0. The lowest BCUT2D eigenvalue weighted by Crippen LogP contribution is -2.37. The molecule has 1 aliphatic rings. The third-order valence-electron chi connectivity index (χ3n) is 2.88. The van der Waals surface area contributed by atoms with E-state index in [0.717, 1.165) is 12.0 Å². The van der Waals surface area contributed by atoms with Gasteiger partial charge in [0.2, 0.25) is 10.0 Å². The van der Waals surface area contributed by atoms with E-state index in [9.17, 15) is 8.42 Å². The van der Waals surface area contributed by atoms with E-state index in [2.05, 4.69) is 6.07 Å². The minimum atomic E-state index is -3.05. The number of hydrogen-bond acceptors (Lipinski definition) is 2. The normalized spacial score (nSPS) is 17.1. The monoisotopic (exact) mass is 238 g/mol. The van der Waals surface area contributed by atoms with E-state index < -0.39 is 10.0 Å². The van der Waals surface area contributed by atoms with Crippen LogP contribution in [0.4, 0.5) is 0 Å². The first-order valence-corrected chi connectivity index (χ1v) is 7.20. The van der Waals surface area contributed by atoms with Gasteiger partial charge in [-0.15, -0.1) is 0 Å². The molecule has 0 unspecified atom stereocenters. The molecule has 0 aromatic heterocycles. The van der Waals surface area contributed by atoms with Crippen LogP contribution in [0.15, 0.2) is 18.2 Å². The Morgan fingerprint density at radius 1 is 1.44 bits per heavy atom. The zero-order valence-corrected chi connectivity index (χ0v) is 10.3. The lowest BCUT2D eigenvalue weighted by Gasteiger charge is -2.27. The van der Waals surface area contributed by atoms with Crippen molar-refractivity contribution in [2.45, 2.75) is 26.3 Å². The Labute approximate surface area is 97.1 Å². The molecule has 0 bridgehead atoms. The predicted octanol–water partition coefficient (Wildman–Crippen LogP) is 1.58. The molecule has 0 amide bonds. The number of nitrogens with zero attached hydrogens (tertiary/aromatic N) is 1. The topological polar surface area (TPSA) is 37.4 Å². The summed E-state index contributed by atoms with van der Waals surface area (Å²) in [6.45, 7) is 3.02. The summed E-state index contributed by atoms with van der Waals surface area (Å²) < 4.78 is 25.4. The smallest absolute Gasteiger partial charge is 0.212 e. The van der Waals surface area contributed by atoms with Crippen LogP contribution in [0.2, 0.25) is 0 Å². The molecule has 16 heavy (non-hydrogen) atoms. The molecule has 1 heterocycles. The third-order valence-corrected chi connectivity index (χ3v) is 4.91. The second-order valence-electron chi connectivity index (χ2n) is 4.09. The Kier molecular flexibility index (Phi) is 3.30. The molecular formula is C12H16NO2S. The second kappa shape index (κ2) is 4.55. The van der Waals surface area contributed by atoms with Crippen LogP contribution < -0.4 is 0 Å². The van der Waals surface area contributed by atoms with E-state index in [0.29, 0.717) is 19.5 Å². The maximum Gasteiger partial charge on any atom is 0.214 e. The molecule has 0 atom stereocenters. The Bertz CT molecular complexity index is 468. The van der Waals surface area contributed by atoms with Gasteiger partial charge in [0.1, 0.15) is 0 Å². The van der Waals surface area contributed by atoms with Gasteiger partial charge in [0, 0.05) is 13.1 Å². The number of rotatable bonds is 3. The van der Waals surface area contributed by atoms with E-state index in [1.54, 1.807) is 4.31 Å². The quantitative estimate of drug-likeness (QED) is 0.802. The van der Waals surface area contributed by atoms with Crippen LogP contribution in [0.1, 0.15) is 24.5 Å². The van der Waals surface area contributed by atoms with Gasteiger partial charge in [0.15, 0.2) is 0 Å². The zero-order chi connectivity index (χ0) is 11.6. The second-order valence-corrected chi connectivity index (χ2v) is 6.18. The Morgan fingerprint density at radius 3 is 3.00 bits per heavy atom. The summed E-state index contributed by atoms with van der Waals surface area (Å²) in [4.78, 5) is 0. The van der Waals surface area contributed by atoms with E-state index >= 15 is 0 Å². The van der Waals surface area contributed by atoms with E-state index in [1.165, 1.54) is 5.56 Å². The van der Waals surface area contributed by atoms with E-state index in [-0.39, 0.29) is 5.75 Å². The van der Waals surface area contributed by atoms with Crippen LogP contribution in [0, 0.1) is 6.07 Å². The molecule has 1 aliphatic heterocycles. The van der Waals surface area contributed by atoms with Crippen LogP contribution >= 0.6 is 0 Å². The molecule has 3 nitrogen and oxygen atoms in total. The summed E-state index contributed by atoms with van der Waals surface area (Å²) in [7, 11) is -3.05. The van der Waals surface area contributed by atoms with Crippen LogP contribution in [-0.4, -0.2) is 25.0 Å². The molecule has 0 spiro atoms. The first-order valence-electron chi connectivity index (χ1n) is 5.59. The van der Waals surface area contributed by atoms with Crippen LogP contribution in [0.25, 0.3) is 0 Å². The van der Waals surface area contributed by atoms with Gasteiger partial charge >= 0.3 is 0 Å². The van der Waals surface area contributed by atoms with Gasteiger partial charge in [-0.1, -0.05) is 25.1 Å². The fraction of sp³-hybridized carbons (Fsp3) is 0.500. The summed E-state index contributed by atoms with van der Waals surface area (Å²) in [5.74, 6) is 0.251. The lowest BCUT2D eigenvalue weighted by atomic mass is 10.0. The molecule has 1 radical (unpaired) electrons. The fourth-order valence-electron chi connectivity index (χ4n) is 2.02. The molecule has 0 fully saturated rings. The van der Waals surface area contributed by atoms with Gasteiger partial charge in [0.05, 0.1) is 5.75 Å². The van der Waals surface area contributed by atoms with Crippen molar-refractivity contribution in [3.63, 3.8) is 0 Å². The first-order chi connectivity index (χ1) is 7.63. The molecule has 1 aromatic carbocycles. The molecule has 0 N–H and O–H groups in total. The van der Waals surface area contributed by atoms with Crippen molar-refractivity contribution >= 4 is 10.0 Å². The number of fused-ring (bicyclic) bond motifs is 1. The highest BCUT2D eigenvalue weighted by molar-refractivity contribution is 7.89. The summed E-state index contributed by atoms with van der Waals surface area (Å²) >= 11 is 0. The van der Waals surface area contributed by atoms with Crippen LogP contribution in [0.5, 0.6) is 0 Å². The SMILES string of the molecule is CCCS(=O)(=O)N1CCc2c[c]ccc2C1. The number of sulfonamides is 1.